The highest BCUT2D eigenvalue weighted by Crippen LogP contribution is 2.22. The Hall–Kier alpha value is -2.97. The number of nitro benzene ring substituents is 1. The fourth-order valence-electron chi connectivity index (χ4n) is 1.82. The molecule has 0 bridgehead atoms. The molecule has 0 fully saturated rings. The van der Waals surface area contributed by atoms with E-state index in [-0.39, 0.29) is 11.3 Å². The standard InChI is InChI=1S/C12H14N6O3/c1-7(11-14-6-15-17-11)16-12(19)9-5-8(18(20)21)3-4-10(9)13-2/h3-7,13H,1-2H3,(H,16,19)(H,14,15,17). The molecule has 0 aliphatic heterocycles. The second-order valence-electron chi connectivity index (χ2n) is 4.30. The molecule has 9 nitrogen and oxygen atoms in total. The summed E-state index contributed by atoms with van der Waals surface area (Å²) >= 11 is 0. The SMILES string of the molecule is CNc1ccc([N+](=O)[O-])cc1C(=O)NC(C)c1ncn[nH]1. The molecule has 3 N–H and O–H groups in total. The summed E-state index contributed by atoms with van der Waals surface area (Å²) in [5.74, 6) is 0.0618. The van der Waals surface area contributed by atoms with Gasteiger partial charge in [-0.3, -0.25) is 20.0 Å². The first kappa shape index (κ1) is 14.4. The van der Waals surface area contributed by atoms with Crippen LogP contribution in [0.15, 0.2) is 24.5 Å². The molecular weight excluding hydrogens is 276 g/mol. The molecule has 0 aliphatic rings. The summed E-state index contributed by atoms with van der Waals surface area (Å²) in [5.41, 5.74) is 0.549. The van der Waals surface area contributed by atoms with Gasteiger partial charge < -0.3 is 10.6 Å². The highest BCUT2D eigenvalue weighted by atomic mass is 16.6. The van der Waals surface area contributed by atoms with Gasteiger partial charge in [0.15, 0.2) is 0 Å². The molecule has 1 unspecified atom stereocenters. The molecule has 1 aromatic heterocycles. The molecule has 0 aliphatic carbocycles. The maximum absolute atomic E-state index is 12.3. The van der Waals surface area contributed by atoms with Gasteiger partial charge >= 0.3 is 0 Å². The van der Waals surface area contributed by atoms with Crippen LogP contribution >= 0.6 is 0 Å². The Morgan fingerprint density at radius 1 is 1.48 bits per heavy atom. The lowest BCUT2D eigenvalue weighted by Gasteiger charge is -2.13. The number of nitro groups is 1. The van der Waals surface area contributed by atoms with Crippen molar-refractivity contribution in [2.75, 3.05) is 12.4 Å². The first-order chi connectivity index (χ1) is 10.0. The third-order valence-corrected chi connectivity index (χ3v) is 2.92. The monoisotopic (exact) mass is 290 g/mol. The average molecular weight is 290 g/mol. The van der Waals surface area contributed by atoms with E-state index in [1.807, 2.05) is 0 Å². The Morgan fingerprint density at radius 2 is 2.24 bits per heavy atom. The number of anilines is 1. The van der Waals surface area contributed by atoms with Crippen molar-refractivity contribution in [3.05, 3.63) is 46.0 Å². The number of hydrogen-bond donors (Lipinski definition) is 3. The maximum atomic E-state index is 12.3. The first-order valence-electron chi connectivity index (χ1n) is 6.15. The summed E-state index contributed by atoms with van der Waals surface area (Å²) in [6.45, 7) is 1.73. The van der Waals surface area contributed by atoms with Crippen LogP contribution in [0.5, 0.6) is 0 Å². The van der Waals surface area contributed by atoms with Crippen molar-refractivity contribution in [1.82, 2.24) is 20.5 Å². The van der Waals surface area contributed by atoms with Crippen LogP contribution in [0.25, 0.3) is 0 Å². The number of hydrogen-bond acceptors (Lipinski definition) is 6. The van der Waals surface area contributed by atoms with Gasteiger partial charge in [0.25, 0.3) is 11.6 Å². The second kappa shape index (κ2) is 5.99. The minimum Gasteiger partial charge on any atom is -0.387 e. The number of carbonyl (C=O) groups excluding carboxylic acids is 1. The van der Waals surface area contributed by atoms with Crippen LogP contribution in [0.1, 0.15) is 29.1 Å². The second-order valence-corrected chi connectivity index (χ2v) is 4.30. The van der Waals surface area contributed by atoms with Crippen LogP contribution in [0.3, 0.4) is 0 Å². The van der Waals surface area contributed by atoms with Gasteiger partial charge in [-0.2, -0.15) is 5.10 Å². The van der Waals surface area contributed by atoms with Gasteiger partial charge in [0, 0.05) is 24.9 Å². The van der Waals surface area contributed by atoms with Crippen LogP contribution in [-0.2, 0) is 0 Å². The molecular formula is C12H14N6O3. The Kier molecular flexibility index (Phi) is 4.12. The number of nitrogens with one attached hydrogen (secondary N) is 3. The summed E-state index contributed by atoms with van der Waals surface area (Å²) in [6.07, 6.45) is 1.34. The smallest absolute Gasteiger partial charge is 0.270 e. The number of nitrogens with zero attached hydrogens (tertiary/aromatic N) is 3. The zero-order chi connectivity index (χ0) is 15.4. The van der Waals surface area contributed by atoms with Gasteiger partial charge in [-0.15, -0.1) is 0 Å². The van der Waals surface area contributed by atoms with Crippen molar-refractivity contribution in [3.8, 4) is 0 Å². The van der Waals surface area contributed by atoms with Gasteiger partial charge in [0.05, 0.1) is 16.5 Å². The van der Waals surface area contributed by atoms with Crippen molar-refractivity contribution >= 4 is 17.3 Å². The van der Waals surface area contributed by atoms with Gasteiger partial charge in [-0.1, -0.05) is 0 Å². The van der Waals surface area contributed by atoms with Crippen LogP contribution < -0.4 is 10.6 Å². The molecule has 2 aromatic rings. The van der Waals surface area contributed by atoms with Crippen molar-refractivity contribution < 1.29 is 9.72 Å². The predicted molar refractivity (Wildman–Crippen MR) is 74.9 cm³/mol. The van der Waals surface area contributed by atoms with E-state index in [0.29, 0.717) is 11.5 Å². The van der Waals surface area contributed by atoms with E-state index in [2.05, 4.69) is 25.8 Å². The zero-order valence-electron chi connectivity index (χ0n) is 11.5. The van der Waals surface area contributed by atoms with Crippen molar-refractivity contribution in [2.24, 2.45) is 0 Å². The summed E-state index contributed by atoms with van der Waals surface area (Å²) in [6, 6.07) is 3.66. The van der Waals surface area contributed by atoms with Gasteiger partial charge in [0.1, 0.15) is 12.2 Å². The van der Waals surface area contributed by atoms with E-state index in [1.165, 1.54) is 24.5 Å². The topological polar surface area (TPSA) is 126 Å². The fraction of sp³-hybridized carbons (Fsp3) is 0.250. The molecule has 2 rings (SSSR count). The number of non-ortho nitro benzene ring substituents is 1. The average Bonchev–Trinajstić information content (AvgIpc) is 3.00. The van der Waals surface area contributed by atoms with Crippen LogP contribution in [0.2, 0.25) is 0 Å². The summed E-state index contributed by atoms with van der Waals surface area (Å²) in [5, 5.41) is 22.7. The number of rotatable bonds is 5. The number of aromatic nitrogens is 3. The number of aromatic amines is 1. The molecule has 1 heterocycles. The molecule has 0 saturated heterocycles. The van der Waals surface area contributed by atoms with Crippen LogP contribution in [-0.4, -0.2) is 33.1 Å². The zero-order valence-corrected chi connectivity index (χ0v) is 11.5. The lowest BCUT2D eigenvalue weighted by molar-refractivity contribution is -0.384. The van der Waals surface area contributed by atoms with Crippen molar-refractivity contribution in [3.63, 3.8) is 0 Å². The van der Waals surface area contributed by atoms with Crippen molar-refractivity contribution in [1.29, 1.82) is 0 Å². The summed E-state index contributed by atoms with van der Waals surface area (Å²) < 4.78 is 0. The highest BCUT2D eigenvalue weighted by molar-refractivity contribution is 6.00. The molecule has 0 spiro atoms. The fourth-order valence-corrected chi connectivity index (χ4v) is 1.82. The van der Waals surface area contributed by atoms with E-state index in [9.17, 15) is 14.9 Å². The molecule has 1 atom stereocenters. The Balaban J connectivity index is 2.25. The molecule has 1 amide bonds. The Morgan fingerprint density at radius 3 is 2.81 bits per heavy atom. The van der Waals surface area contributed by atoms with E-state index in [4.69, 9.17) is 0 Å². The minimum atomic E-state index is -0.546. The summed E-state index contributed by atoms with van der Waals surface area (Å²) in [7, 11) is 1.64. The predicted octanol–water partition coefficient (Wildman–Crippen LogP) is 1.25. The summed E-state index contributed by atoms with van der Waals surface area (Å²) in [4.78, 5) is 26.5. The van der Waals surface area contributed by atoms with Crippen LogP contribution in [0.4, 0.5) is 11.4 Å². The van der Waals surface area contributed by atoms with E-state index >= 15 is 0 Å². The molecule has 0 radical (unpaired) electrons. The third-order valence-electron chi connectivity index (χ3n) is 2.92. The molecule has 0 saturated carbocycles. The largest absolute Gasteiger partial charge is 0.387 e. The number of carbonyl (C=O) groups is 1. The van der Waals surface area contributed by atoms with E-state index in [0.717, 1.165) is 0 Å². The van der Waals surface area contributed by atoms with E-state index in [1.54, 1.807) is 14.0 Å². The number of benzene rings is 1. The number of amides is 1. The number of H-pyrrole nitrogens is 1. The van der Waals surface area contributed by atoms with Gasteiger partial charge in [-0.25, -0.2) is 4.98 Å². The van der Waals surface area contributed by atoms with Crippen molar-refractivity contribution in [2.45, 2.75) is 13.0 Å². The first-order valence-corrected chi connectivity index (χ1v) is 6.15. The quantitative estimate of drug-likeness (QED) is 0.562. The van der Waals surface area contributed by atoms with Crippen LogP contribution in [0, 0.1) is 10.1 Å². The Bertz CT molecular complexity index is 655. The third kappa shape index (κ3) is 3.14. The maximum Gasteiger partial charge on any atom is 0.270 e. The Labute approximate surface area is 119 Å². The molecule has 1 aromatic carbocycles. The van der Waals surface area contributed by atoms with E-state index < -0.39 is 16.9 Å². The van der Waals surface area contributed by atoms with Gasteiger partial charge in [-0.05, 0) is 13.0 Å². The lowest BCUT2D eigenvalue weighted by atomic mass is 10.1. The molecule has 110 valence electrons. The molecule has 9 heteroatoms. The minimum absolute atomic E-state index is 0.147. The lowest BCUT2D eigenvalue weighted by Crippen LogP contribution is -2.28. The van der Waals surface area contributed by atoms with Gasteiger partial charge in [0.2, 0.25) is 0 Å². The normalized spacial score (nSPS) is 11.7. The highest BCUT2D eigenvalue weighted by Gasteiger charge is 2.19. The molecule has 21 heavy (non-hydrogen) atoms.